The number of nitrogens with two attached hydrogens (primary N) is 1. The maximum absolute atomic E-state index is 12.9. The maximum atomic E-state index is 12.9. The fourth-order valence-corrected chi connectivity index (χ4v) is 1.21. The van der Waals surface area contributed by atoms with Crippen LogP contribution in [-0.2, 0) is 0 Å². The average molecular weight is 267 g/mol. The molecular weight excluding hydrogens is 258 g/mol. The first-order chi connectivity index (χ1) is 7.71. The lowest BCUT2D eigenvalue weighted by molar-refractivity contribution is -0.189. The molecule has 94 valence electrons. The van der Waals surface area contributed by atoms with Crippen LogP contribution >= 0.6 is 12.2 Å². The van der Waals surface area contributed by atoms with Crippen LogP contribution in [0.5, 0.6) is 5.75 Å². The van der Waals surface area contributed by atoms with Gasteiger partial charge < -0.3 is 10.5 Å². The van der Waals surface area contributed by atoms with Crippen molar-refractivity contribution in [1.29, 1.82) is 0 Å². The number of alkyl halides is 3. The Balaban J connectivity index is 3.03. The first-order valence-corrected chi connectivity index (χ1v) is 4.95. The minimum absolute atomic E-state index is 0.0592. The SMILES string of the molecule is CC(Oc1ccc(F)cc1C(N)=S)C(F)(F)F. The lowest BCUT2D eigenvalue weighted by Gasteiger charge is -2.19. The second kappa shape index (κ2) is 4.87. The first kappa shape index (κ1) is 13.7. The normalized spacial score (nSPS) is 13.2. The Morgan fingerprint density at radius 2 is 2.00 bits per heavy atom. The summed E-state index contributed by atoms with van der Waals surface area (Å²) in [5.41, 5.74) is 5.21. The van der Waals surface area contributed by atoms with Crippen molar-refractivity contribution >= 4 is 17.2 Å². The van der Waals surface area contributed by atoms with E-state index in [1.807, 2.05) is 0 Å². The molecular formula is C10H9F4NOS. The predicted octanol–water partition coefficient (Wildman–Crippen LogP) is 2.79. The molecule has 0 aromatic heterocycles. The van der Waals surface area contributed by atoms with Gasteiger partial charge in [0.25, 0.3) is 0 Å². The summed E-state index contributed by atoms with van der Waals surface area (Å²) in [5.74, 6) is -0.844. The molecule has 1 atom stereocenters. The van der Waals surface area contributed by atoms with E-state index < -0.39 is 18.1 Å². The molecule has 2 nitrogen and oxygen atoms in total. The molecule has 0 saturated heterocycles. The number of hydrogen-bond donors (Lipinski definition) is 1. The highest BCUT2D eigenvalue weighted by atomic mass is 32.1. The van der Waals surface area contributed by atoms with E-state index in [-0.39, 0.29) is 16.3 Å². The number of rotatable bonds is 3. The Kier molecular flexibility index (Phi) is 3.92. The van der Waals surface area contributed by atoms with E-state index in [0.29, 0.717) is 0 Å². The van der Waals surface area contributed by atoms with Gasteiger partial charge in [0.05, 0.1) is 5.56 Å². The molecule has 0 heterocycles. The van der Waals surface area contributed by atoms with Crippen molar-refractivity contribution in [2.75, 3.05) is 0 Å². The Bertz CT molecular complexity index is 433. The fourth-order valence-electron chi connectivity index (χ4n) is 1.05. The molecule has 0 saturated carbocycles. The smallest absolute Gasteiger partial charge is 0.425 e. The molecule has 0 spiro atoms. The zero-order valence-corrected chi connectivity index (χ0v) is 9.53. The van der Waals surface area contributed by atoms with Crippen molar-refractivity contribution in [3.8, 4) is 5.75 Å². The van der Waals surface area contributed by atoms with Crippen LogP contribution in [0.15, 0.2) is 18.2 Å². The number of hydrogen-bond acceptors (Lipinski definition) is 2. The molecule has 0 aliphatic heterocycles. The molecule has 1 aromatic carbocycles. The zero-order valence-electron chi connectivity index (χ0n) is 8.72. The van der Waals surface area contributed by atoms with Crippen LogP contribution in [0.2, 0.25) is 0 Å². The van der Waals surface area contributed by atoms with Crippen LogP contribution in [0, 0.1) is 5.82 Å². The molecule has 17 heavy (non-hydrogen) atoms. The minimum Gasteiger partial charge on any atom is -0.481 e. The highest BCUT2D eigenvalue weighted by Crippen LogP contribution is 2.27. The van der Waals surface area contributed by atoms with Gasteiger partial charge in [0.1, 0.15) is 16.6 Å². The number of thiocarbonyl (C=S) groups is 1. The number of benzene rings is 1. The molecule has 2 N–H and O–H groups in total. The Hall–Kier alpha value is -1.37. The van der Waals surface area contributed by atoms with E-state index in [2.05, 4.69) is 17.0 Å². The molecule has 0 fully saturated rings. The van der Waals surface area contributed by atoms with E-state index in [1.165, 1.54) is 0 Å². The van der Waals surface area contributed by atoms with Crippen molar-refractivity contribution in [1.82, 2.24) is 0 Å². The minimum atomic E-state index is -4.51. The van der Waals surface area contributed by atoms with E-state index in [0.717, 1.165) is 25.1 Å². The second-order valence-electron chi connectivity index (χ2n) is 3.31. The van der Waals surface area contributed by atoms with E-state index >= 15 is 0 Å². The summed E-state index contributed by atoms with van der Waals surface area (Å²) < 4.78 is 54.4. The predicted molar refractivity (Wildman–Crippen MR) is 58.4 cm³/mol. The van der Waals surface area contributed by atoms with Gasteiger partial charge in [0.15, 0.2) is 6.10 Å². The fraction of sp³-hybridized carbons (Fsp3) is 0.300. The van der Waals surface area contributed by atoms with Gasteiger partial charge in [0, 0.05) is 0 Å². The van der Waals surface area contributed by atoms with Crippen LogP contribution in [-0.4, -0.2) is 17.3 Å². The topological polar surface area (TPSA) is 35.2 Å². The van der Waals surface area contributed by atoms with E-state index in [9.17, 15) is 17.6 Å². The molecule has 1 unspecified atom stereocenters. The highest BCUT2D eigenvalue weighted by molar-refractivity contribution is 7.80. The summed E-state index contributed by atoms with van der Waals surface area (Å²) in [5, 5.41) is 0. The Labute approximate surface area is 100 Å². The lowest BCUT2D eigenvalue weighted by atomic mass is 10.2. The van der Waals surface area contributed by atoms with Gasteiger partial charge in [-0.25, -0.2) is 4.39 Å². The van der Waals surface area contributed by atoms with Gasteiger partial charge in [-0.15, -0.1) is 0 Å². The van der Waals surface area contributed by atoms with Gasteiger partial charge in [-0.2, -0.15) is 13.2 Å². The number of ether oxygens (including phenoxy) is 1. The average Bonchev–Trinajstić information content (AvgIpc) is 2.18. The van der Waals surface area contributed by atoms with Crippen molar-refractivity contribution in [3.63, 3.8) is 0 Å². The van der Waals surface area contributed by atoms with Crippen LogP contribution in [0.4, 0.5) is 17.6 Å². The molecule has 0 bridgehead atoms. The summed E-state index contributed by atoms with van der Waals surface area (Å²) in [6, 6.07) is 2.97. The third-order valence-corrected chi connectivity index (χ3v) is 2.19. The molecule has 7 heteroatoms. The molecule has 0 amide bonds. The number of halogens is 4. The lowest BCUT2D eigenvalue weighted by Crippen LogP contribution is -2.31. The monoisotopic (exact) mass is 267 g/mol. The molecule has 0 aliphatic carbocycles. The quantitative estimate of drug-likeness (QED) is 0.675. The summed E-state index contributed by atoms with van der Waals surface area (Å²) in [6.45, 7) is 0.840. The molecule has 0 radical (unpaired) electrons. The third kappa shape index (κ3) is 3.55. The van der Waals surface area contributed by atoms with Gasteiger partial charge in [-0.1, -0.05) is 12.2 Å². The van der Waals surface area contributed by atoms with E-state index in [4.69, 9.17) is 5.73 Å². The molecule has 1 aromatic rings. The maximum Gasteiger partial charge on any atom is 0.425 e. The largest absolute Gasteiger partial charge is 0.481 e. The van der Waals surface area contributed by atoms with E-state index in [1.54, 1.807) is 0 Å². The zero-order chi connectivity index (χ0) is 13.2. The van der Waals surface area contributed by atoms with Gasteiger partial charge in [0.2, 0.25) is 0 Å². The van der Waals surface area contributed by atoms with Gasteiger partial charge in [-0.3, -0.25) is 0 Å². The van der Waals surface area contributed by atoms with Crippen molar-refractivity contribution in [2.45, 2.75) is 19.2 Å². The standard InChI is InChI=1S/C10H9F4NOS/c1-5(10(12,13)14)16-8-3-2-6(11)4-7(8)9(15)17/h2-5H,1H3,(H2,15,17). The van der Waals surface area contributed by atoms with Gasteiger partial charge in [-0.05, 0) is 25.1 Å². The Morgan fingerprint density at radius 3 is 2.47 bits per heavy atom. The van der Waals surface area contributed by atoms with Crippen LogP contribution in [0.25, 0.3) is 0 Å². The second-order valence-corrected chi connectivity index (χ2v) is 3.75. The first-order valence-electron chi connectivity index (χ1n) is 4.54. The van der Waals surface area contributed by atoms with Gasteiger partial charge >= 0.3 is 6.18 Å². The van der Waals surface area contributed by atoms with Crippen molar-refractivity contribution < 1.29 is 22.3 Å². The summed E-state index contributed by atoms with van der Waals surface area (Å²) in [4.78, 5) is -0.228. The molecule has 1 rings (SSSR count). The van der Waals surface area contributed by atoms with Crippen molar-refractivity contribution in [3.05, 3.63) is 29.6 Å². The Morgan fingerprint density at radius 1 is 1.41 bits per heavy atom. The van der Waals surface area contributed by atoms with Crippen LogP contribution in [0.3, 0.4) is 0 Å². The third-order valence-electron chi connectivity index (χ3n) is 1.97. The van der Waals surface area contributed by atoms with Crippen LogP contribution in [0.1, 0.15) is 12.5 Å². The molecule has 0 aliphatic rings. The van der Waals surface area contributed by atoms with Crippen LogP contribution < -0.4 is 10.5 Å². The summed E-state index contributed by atoms with van der Waals surface area (Å²) in [7, 11) is 0. The summed E-state index contributed by atoms with van der Waals surface area (Å²) in [6.07, 6.45) is -6.54. The van der Waals surface area contributed by atoms with Crippen molar-refractivity contribution in [2.24, 2.45) is 5.73 Å². The highest BCUT2D eigenvalue weighted by Gasteiger charge is 2.38. The summed E-state index contributed by atoms with van der Waals surface area (Å²) >= 11 is 4.61.